The molecule has 0 fully saturated rings. The molecular weight excluding hydrogens is 398 g/mol. The molecular formula is C20H19NO7S. The van der Waals surface area contributed by atoms with Crippen LogP contribution >= 0.6 is 0 Å². The fourth-order valence-electron chi connectivity index (χ4n) is 3.60. The number of benzene rings is 2. The first-order valence-corrected chi connectivity index (χ1v) is 10.8. The number of sulfonamides is 1. The quantitative estimate of drug-likeness (QED) is 0.543. The number of ether oxygens (including phenoxy) is 3. The van der Waals surface area contributed by atoms with Gasteiger partial charge in [0.1, 0.15) is 0 Å². The van der Waals surface area contributed by atoms with Crippen LogP contribution in [0.1, 0.15) is 33.2 Å². The summed E-state index contributed by atoms with van der Waals surface area (Å²) in [4.78, 5) is 24.7. The number of ketones is 1. The van der Waals surface area contributed by atoms with E-state index in [2.05, 4.69) is 0 Å². The molecule has 2 aliphatic rings. The normalized spacial score (nSPS) is 17.2. The molecule has 8 nitrogen and oxygen atoms in total. The van der Waals surface area contributed by atoms with Crippen LogP contribution in [-0.2, 0) is 21.2 Å². The Labute approximate surface area is 168 Å². The number of carbonyl (C=O) groups excluding carboxylic acids is 2. The van der Waals surface area contributed by atoms with Crippen LogP contribution in [0.4, 0.5) is 5.69 Å². The molecule has 0 bridgehead atoms. The van der Waals surface area contributed by atoms with Crippen molar-refractivity contribution in [3.8, 4) is 11.5 Å². The summed E-state index contributed by atoms with van der Waals surface area (Å²) in [6.45, 7) is 1.49. The molecule has 9 heteroatoms. The first kappa shape index (κ1) is 19.3. The largest absolute Gasteiger partial charge is 0.454 e. The number of anilines is 1. The summed E-state index contributed by atoms with van der Waals surface area (Å²) in [6.07, 6.45) is 1.67. The molecule has 0 amide bonds. The van der Waals surface area contributed by atoms with Crippen molar-refractivity contribution in [3.63, 3.8) is 0 Å². The lowest BCUT2D eigenvalue weighted by atomic mass is 10.0. The number of rotatable bonds is 5. The van der Waals surface area contributed by atoms with Gasteiger partial charge in [-0.05, 0) is 55.3 Å². The van der Waals surface area contributed by atoms with Gasteiger partial charge in [0.25, 0.3) is 0 Å². The van der Waals surface area contributed by atoms with E-state index in [4.69, 9.17) is 14.2 Å². The summed E-state index contributed by atoms with van der Waals surface area (Å²) >= 11 is 0. The molecule has 0 saturated heterocycles. The molecule has 0 N–H and O–H groups in total. The molecule has 2 aromatic rings. The number of nitrogens with zero attached hydrogens (tertiary/aromatic N) is 1. The van der Waals surface area contributed by atoms with Crippen LogP contribution in [0.15, 0.2) is 36.4 Å². The van der Waals surface area contributed by atoms with E-state index in [9.17, 15) is 18.0 Å². The van der Waals surface area contributed by atoms with Gasteiger partial charge in [-0.15, -0.1) is 0 Å². The molecule has 1 atom stereocenters. The van der Waals surface area contributed by atoms with Crippen molar-refractivity contribution in [2.45, 2.75) is 19.4 Å². The monoisotopic (exact) mass is 417 g/mol. The Morgan fingerprint density at radius 1 is 1.10 bits per heavy atom. The first-order valence-electron chi connectivity index (χ1n) is 8.96. The predicted octanol–water partition coefficient (Wildman–Crippen LogP) is 2.17. The smallest absolute Gasteiger partial charge is 0.338 e. The molecule has 2 aromatic carbocycles. The maximum Gasteiger partial charge on any atom is 0.338 e. The van der Waals surface area contributed by atoms with Gasteiger partial charge in [0.05, 0.1) is 17.5 Å². The summed E-state index contributed by atoms with van der Waals surface area (Å²) in [5.74, 6) is -0.0101. The van der Waals surface area contributed by atoms with E-state index in [1.54, 1.807) is 24.3 Å². The van der Waals surface area contributed by atoms with Crippen molar-refractivity contribution < 1.29 is 32.2 Å². The summed E-state index contributed by atoms with van der Waals surface area (Å²) in [5, 5.41) is 0. The summed E-state index contributed by atoms with van der Waals surface area (Å²) in [5.41, 5.74) is 1.98. The van der Waals surface area contributed by atoms with E-state index in [1.807, 2.05) is 6.92 Å². The maximum absolute atomic E-state index is 12.5. The molecule has 0 aromatic heterocycles. The topological polar surface area (TPSA) is 99.2 Å². The molecule has 2 aliphatic heterocycles. The summed E-state index contributed by atoms with van der Waals surface area (Å²) < 4.78 is 40.9. The fraction of sp³-hybridized carbons (Fsp3) is 0.300. The average Bonchev–Trinajstić information content (AvgIpc) is 3.26. The van der Waals surface area contributed by atoms with Gasteiger partial charge in [0, 0.05) is 11.6 Å². The molecule has 4 rings (SSSR count). The van der Waals surface area contributed by atoms with E-state index >= 15 is 0 Å². The zero-order chi connectivity index (χ0) is 20.8. The Morgan fingerprint density at radius 2 is 1.83 bits per heavy atom. The lowest BCUT2D eigenvalue weighted by Crippen LogP contribution is -2.34. The number of hydrogen-bond acceptors (Lipinski definition) is 7. The highest BCUT2D eigenvalue weighted by molar-refractivity contribution is 7.92. The van der Waals surface area contributed by atoms with Crippen LogP contribution in [0.3, 0.4) is 0 Å². The highest BCUT2D eigenvalue weighted by Crippen LogP contribution is 2.35. The minimum atomic E-state index is -3.39. The minimum Gasteiger partial charge on any atom is -0.454 e. The Kier molecular flexibility index (Phi) is 4.70. The van der Waals surface area contributed by atoms with Crippen molar-refractivity contribution in [2.24, 2.45) is 0 Å². The first-order chi connectivity index (χ1) is 13.7. The van der Waals surface area contributed by atoms with Crippen LogP contribution < -0.4 is 13.8 Å². The third kappa shape index (κ3) is 3.65. The Hall–Kier alpha value is -3.07. The number of carbonyl (C=O) groups is 2. The van der Waals surface area contributed by atoms with Crippen molar-refractivity contribution in [2.75, 3.05) is 24.0 Å². The fourth-order valence-corrected chi connectivity index (χ4v) is 4.87. The minimum absolute atomic E-state index is 0.0972. The van der Waals surface area contributed by atoms with Crippen LogP contribution in [0.5, 0.6) is 11.5 Å². The standard InChI is InChI=1S/C20H19NO7S/c1-12-7-15-8-13(3-5-16(15)21(12)29(2,24)25)17(22)10-26-20(23)14-4-6-18-19(9-14)28-11-27-18/h3-6,8-9,12H,7,10-11H2,1-2H3/t12-/m1/s1. The molecule has 0 spiro atoms. The molecule has 0 saturated carbocycles. The lowest BCUT2D eigenvalue weighted by molar-refractivity contribution is 0.0474. The molecule has 0 aliphatic carbocycles. The van der Waals surface area contributed by atoms with E-state index < -0.39 is 22.6 Å². The zero-order valence-corrected chi connectivity index (χ0v) is 16.7. The second kappa shape index (κ2) is 7.07. The molecule has 2 heterocycles. The third-order valence-electron chi connectivity index (χ3n) is 4.85. The molecule has 0 radical (unpaired) electrons. The molecule has 0 unspecified atom stereocenters. The van der Waals surface area contributed by atoms with Crippen LogP contribution in [0, 0.1) is 0 Å². The van der Waals surface area contributed by atoms with E-state index in [0.717, 1.165) is 11.8 Å². The number of hydrogen-bond donors (Lipinski definition) is 0. The van der Waals surface area contributed by atoms with Crippen LogP contribution in [0.2, 0.25) is 0 Å². The van der Waals surface area contributed by atoms with E-state index in [0.29, 0.717) is 29.2 Å². The van der Waals surface area contributed by atoms with E-state index in [1.165, 1.54) is 16.4 Å². The Bertz CT molecular complexity index is 1110. The second-order valence-corrected chi connectivity index (χ2v) is 8.88. The zero-order valence-electron chi connectivity index (χ0n) is 15.9. The van der Waals surface area contributed by atoms with Gasteiger partial charge in [-0.25, -0.2) is 13.2 Å². The number of esters is 1. The number of fused-ring (bicyclic) bond motifs is 2. The van der Waals surface area contributed by atoms with Crippen molar-refractivity contribution in [1.82, 2.24) is 0 Å². The van der Waals surface area contributed by atoms with Gasteiger partial charge in [-0.3, -0.25) is 9.10 Å². The van der Waals surface area contributed by atoms with Crippen LogP contribution in [-0.4, -0.2) is 45.9 Å². The Morgan fingerprint density at radius 3 is 2.59 bits per heavy atom. The van der Waals surface area contributed by atoms with Crippen molar-refractivity contribution in [3.05, 3.63) is 53.1 Å². The SMILES string of the molecule is C[C@@H]1Cc2cc(C(=O)COC(=O)c3ccc4c(c3)OCO4)ccc2N1S(C)(=O)=O. The highest BCUT2D eigenvalue weighted by Gasteiger charge is 2.32. The summed E-state index contributed by atoms with van der Waals surface area (Å²) in [7, 11) is -3.39. The van der Waals surface area contributed by atoms with Gasteiger partial charge < -0.3 is 14.2 Å². The highest BCUT2D eigenvalue weighted by atomic mass is 32.2. The summed E-state index contributed by atoms with van der Waals surface area (Å²) in [6, 6.07) is 9.26. The van der Waals surface area contributed by atoms with Gasteiger partial charge in [0.15, 0.2) is 23.9 Å². The van der Waals surface area contributed by atoms with Crippen LogP contribution in [0.25, 0.3) is 0 Å². The van der Waals surface area contributed by atoms with E-state index in [-0.39, 0.29) is 24.2 Å². The van der Waals surface area contributed by atoms with Gasteiger partial charge in [-0.1, -0.05) is 0 Å². The van der Waals surface area contributed by atoms with Gasteiger partial charge >= 0.3 is 5.97 Å². The third-order valence-corrected chi connectivity index (χ3v) is 6.13. The van der Waals surface area contributed by atoms with Crippen molar-refractivity contribution in [1.29, 1.82) is 0 Å². The molecule has 29 heavy (non-hydrogen) atoms. The Balaban J connectivity index is 1.44. The lowest BCUT2D eigenvalue weighted by Gasteiger charge is -2.21. The van der Waals surface area contributed by atoms with Gasteiger partial charge in [-0.2, -0.15) is 0 Å². The van der Waals surface area contributed by atoms with Crippen molar-refractivity contribution >= 4 is 27.5 Å². The second-order valence-electron chi connectivity index (χ2n) is 7.02. The average molecular weight is 417 g/mol. The van der Waals surface area contributed by atoms with Gasteiger partial charge in [0.2, 0.25) is 16.8 Å². The molecule has 152 valence electrons. The number of Topliss-reactive ketones (excluding diaryl/α,β-unsaturated/α-hetero) is 1. The predicted molar refractivity (Wildman–Crippen MR) is 104 cm³/mol. The maximum atomic E-state index is 12.5.